The van der Waals surface area contributed by atoms with E-state index >= 15 is 0 Å². The van der Waals surface area contributed by atoms with Crippen molar-refractivity contribution in [2.24, 2.45) is 0 Å². The Balaban J connectivity index is 2.88. The van der Waals surface area contributed by atoms with Crippen molar-refractivity contribution in [3.8, 4) is 0 Å². The number of ether oxygens (including phenoxy) is 1. The molecule has 0 aromatic carbocycles. The molecule has 0 aliphatic carbocycles. The molecular weight excluding hydrogens is 230 g/mol. The van der Waals surface area contributed by atoms with Crippen LogP contribution in [0.1, 0.15) is 13.8 Å². The quantitative estimate of drug-likeness (QED) is 0.688. The summed E-state index contributed by atoms with van der Waals surface area (Å²) in [7, 11) is 0. The van der Waals surface area contributed by atoms with Crippen LogP contribution in [0.15, 0.2) is 0 Å². The number of carbonyl (C=O) groups excluding carboxylic acids is 1. The van der Waals surface area contributed by atoms with Crippen molar-refractivity contribution < 1.29 is 27.1 Å². The van der Waals surface area contributed by atoms with Crippen molar-refractivity contribution in [3.05, 3.63) is 0 Å². The highest BCUT2D eigenvalue weighted by molar-refractivity contribution is 5.84. The van der Waals surface area contributed by atoms with Gasteiger partial charge in [0, 0.05) is 6.54 Å². The zero-order valence-electron chi connectivity index (χ0n) is 8.97. The molecule has 1 aliphatic heterocycles. The summed E-state index contributed by atoms with van der Waals surface area (Å²) in [4.78, 5) is 12.1. The lowest BCUT2D eigenvalue weighted by Crippen LogP contribution is -2.60. The van der Waals surface area contributed by atoms with Gasteiger partial charge in [-0.25, -0.2) is 8.78 Å². The molecule has 0 bridgehead atoms. The summed E-state index contributed by atoms with van der Waals surface area (Å²) in [5, 5.41) is 0. The molecule has 3 nitrogen and oxygen atoms in total. The minimum absolute atomic E-state index is 0.0536. The summed E-state index contributed by atoms with van der Waals surface area (Å²) < 4.78 is 54.9. The zero-order valence-corrected chi connectivity index (χ0v) is 8.97. The van der Waals surface area contributed by atoms with Crippen molar-refractivity contribution in [3.63, 3.8) is 0 Å². The van der Waals surface area contributed by atoms with Crippen LogP contribution in [-0.2, 0) is 9.53 Å². The molecule has 1 saturated heterocycles. The molecule has 0 saturated carbocycles. The van der Waals surface area contributed by atoms with E-state index in [0.717, 1.165) is 4.90 Å². The minimum Gasteiger partial charge on any atom is -0.377 e. The molecule has 0 unspecified atom stereocenters. The van der Waals surface area contributed by atoms with Gasteiger partial charge >= 0.3 is 12.3 Å². The van der Waals surface area contributed by atoms with E-state index in [9.17, 15) is 22.4 Å². The van der Waals surface area contributed by atoms with Crippen LogP contribution in [0, 0.1) is 0 Å². The molecule has 0 aromatic rings. The highest BCUT2D eigenvalue weighted by Crippen LogP contribution is 2.30. The average Bonchev–Trinajstić information content (AvgIpc) is 2.15. The number of amides is 1. The van der Waals surface area contributed by atoms with Gasteiger partial charge in [-0.1, -0.05) is 0 Å². The van der Waals surface area contributed by atoms with Gasteiger partial charge in [-0.05, 0) is 13.8 Å². The summed E-state index contributed by atoms with van der Waals surface area (Å²) in [5.41, 5.74) is -0.992. The maximum Gasteiger partial charge on any atom is 0.383 e. The monoisotopic (exact) mass is 243 g/mol. The number of nitrogens with zero attached hydrogens (tertiary/aromatic N) is 1. The van der Waals surface area contributed by atoms with Gasteiger partial charge in [0.15, 0.2) is 0 Å². The van der Waals surface area contributed by atoms with Crippen LogP contribution in [-0.4, -0.2) is 48.5 Å². The van der Waals surface area contributed by atoms with E-state index in [1.165, 1.54) is 13.8 Å². The molecule has 0 atom stereocenters. The first-order chi connectivity index (χ1) is 7.19. The van der Waals surface area contributed by atoms with Crippen molar-refractivity contribution in [2.45, 2.75) is 31.7 Å². The Morgan fingerprint density at radius 3 is 2.44 bits per heavy atom. The second kappa shape index (κ2) is 4.20. The molecule has 1 fully saturated rings. The molecule has 0 radical (unpaired) electrons. The second-order valence-corrected chi connectivity index (χ2v) is 4.25. The number of carbonyl (C=O) groups is 1. The van der Waals surface area contributed by atoms with Crippen molar-refractivity contribution in [1.82, 2.24) is 4.90 Å². The third-order valence-corrected chi connectivity index (χ3v) is 2.45. The van der Waals surface area contributed by atoms with Gasteiger partial charge in [0.05, 0.1) is 18.8 Å². The van der Waals surface area contributed by atoms with Crippen LogP contribution in [0.25, 0.3) is 0 Å². The van der Waals surface area contributed by atoms with Crippen LogP contribution in [0.3, 0.4) is 0 Å². The number of hydrogen-bond donors (Lipinski definition) is 0. The van der Waals surface area contributed by atoms with Crippen LogP contribution >= 0.6 is 0 Å². The van der Waals surface area contributed by atoms with E-state index in [1.54, 1.807) is 0 Å². The standard InChI is InChI=1S/C9H13F4NO2/c1-8(2)5-16-4-3-14(8)7(15)9(12,13)6(10)11/h6H,3-5H2,1-2H3. The molecule has 7 heteroatoms. The van der Waals surface area contributed by atoms with Crippen molar-refractivity contribution in [1.29, 1.82) is 0 Å². The number of rotatable bonds is 2. The fourth-order valence-corrected chi connectivity index (χ4v) is 1.51. The summed E-state index contributed by atoms with van der Waals surface area (Å²) >= 11 is 0. The zero-order chi connectivity index (χ0) is 12.6. The van der Waals surface area contributed by atoms with Crippen LogP contribution in [0.5, 0.6) is 0 Å². The first-order valence-electron chi connectivity index (χ1n) is 4.75. The highest BCUT2D eigenvalue weighted by Gasteiger charge is 2.54. The fraction of sp³-hybridized carbons (Fsp3) is 0.889. The van der Waals surface area contributed by atoms with Crippen LogP contribution < -0.4 is 0 Å². The topological polar surface area (TPSA) is 29.5 Å². The number of morpholine rings is 1. The maximum atomic E-state index is 12.9. The predicted molar refractivity (Wildman–Crippen MR) is 47.6 cm³/mol. The fourth-order valence-electron chi connectivity index (χ4n) is 1.51. The summed E-state index contributed by atoms with van der Waals surface area (Å²) in [6.45, 7) is 3.01. The number of halogens is 4. The molecule has 1 aliphatic rings. The Bertz CT molecular complexity index is 281. The molecule has 94 valence electrons. The normalized spacial score (nSPS) is 21.3. The van der Waals surface area contributed by atoms with E-state index in [0.29, 0.717) is 0 Å². The van der Waals surface area contributed by atoms with E-state index in [2.05, 4.69) is 0 Å². The summed E-state index contributed by atoms with van der Waals surface area (Å²) in [6.07, 6.45) is -3.99. The maximum absolute atomic E-state index is 12.9. The first kappa shape index (κ1) is 13.2. The Hall–Kier alpha value is -0.850. The lowest BCUT2D eigenvalue weighted by molar-refractivity contribution is -0.192. The smallest absolute Gasteiger partial charge is 0.377 e. The predicted octanol–water partition coefficient (Wildman–Crippen LogP) is 1.52. The van der Waals surface area contributed by atoms with E-state index in [-0.39, 0.29) is 19.8 Å². The molecule has 1 heterocycles. The van der Waals surface area contributed by atoms with Gasteiger partial charge in [-0.15, -0.1) is 0 Å². The molecule has 1 rings (SSSR count). The molecule has 0 aromatic heterocycles. The first-order valence-corrected chi connectivity index (χ1v) is 4.75. The third-order valence-electron chi connectivity index (χ3n) is 2.45. The average molecular weight is 243 g/mol. The van der Waals surface area contributed by atoms with Crippen LogP contribution in [0.4, 0.5) is 17.6 Å². The van der Waals surface area contributed by atoms with E-state index < -0.39 is 23.8 Å². The van der Waals surface area contributed by atoms with Crippen molar-refractivity contribution >= 4 is 5.91 Å². The van der Waals surface area contributed by atoms with Gasteiger partial charge in [0.1, 0.15) is 0 Å². The molecule has 1 amide bonds. The SMILES string of the molecule is CC1(C)COCCN1C(=O)C(F)(F)C(F)F. The molecule has 0 spiro atoms. The largest absolute Gasteiger partial charge is 0.383 e. The highest BCUT2D eigenvalue weighted by atomic mass is 19.3. The Morgan fingerprint density at radius 2 is 2.00 bits per heavy atom. The van der Waals surface area contributed by atoms with E-state index in [1.807, 2.05) is 0 Å². The van der Waals surface area contributed by atoms with Gasteiger partial charge in [-0.2, -0.15) is 8.78 Å². The lowest BCUT2D eigenvalue weighted by atomic mass is 10.0. The number of alkyl halides is 4. The molecule has 0 N–H and O–H groups in total. The Morgan fingerprint density at radius 1 is 1.44 bits per heavy atom. The van der Waals surface area contributed by atoms with E-state index in [4.69, 9.17) is 4.74 Å². The summed E-state index contributed by atoms with van der Waals surface area (Å²) in [6, 6.07) is 0. The summed E-state index contributed by atoms with van der Waals surface area (Å²) in [5.74, 6) is -6.47. The second-order valence-electron chi connectivity index (χ2n) is 4.25. The Labute approximate surface area is 90.3 Å². The molecular formula is C9H13F4NO2. The number of hydrogen-bond acceptors (Lipinski definition) is 2. The van der Waals surface area contributed by atoms with Crippen LogP contribution in [0.2, 0.25) is 0 Å². The van der Waals surface area contributed by atoms with Gasteiger partial charge in [0.25, 0.3) is 5.91 Å². The lowest BCUT2D eigenvalue weighted by Gasteiger charge is -2.43. The van der Waals surface area contributed by atoms with Gasteiger partial charge < -0.3 is 9.64 Å². The minimum atomic E-state index is -4.63. The van der Waals surface area contributed by atoms with Gasteiger partial charge in [0.2, 0.25) is 0 Å². The Kier molecular flexibility index (Phi) is 3.47. The van der Waals surface area contributed by atoms with Crippen molar-refractivity contribution in [2.75, 3.05) is 19.8 Å². The molecule has 16 heavy (non-hydrogen) atoms. The third kappa shape index (κ3) is 2.28. The van der Waals surface area contributed by atoms with Gasteiger partial charge in [-0.3, -0.25) is 4.79 Å².